The molecule has 0 aliphatic heterocycles. The third-order valence-electron chi connectivity index (χ3n) is 4.78. The van der Waals surface area contributed by atoms with Gasteiger partial charge in [-0.1, -0.05) is 30.3 Å². The highest BCUT2D eigenvalue weighted by Crippen LogP contribution is 2.24. The number of quaternary nitrogens is 1. The van der Waals surface area contributed by atoms with Crippen LogP contribution in [-0.4, -0.2) is 24.9 Å². The maximum atomic E-state index is 12.6. The zero-order valence-electron chi connectivity index (χ0n) is 17.9. The van der Waals surface area contributed by atoms with Gasteiger partial charge in [0.1, 0.15) is 18.0 Å². The first kappa shape index (κ1) is 22.1. The van der Waals surface area contributed by atoms with E-state index in [0.717, 1.165) is 28.5 Å². The first-order valence-corrected chi connectivity index (χ1v) is 10.4. The highest BCUT2D eigenvalue weighted by molar-refractivity contribution is 5.92. The molecule has 0 fully saturated rings. The summed E-state index contributed by atoms with van der Waals surface area (Å²) in [5.41, 5.74) is 2.44. The number of likely N-dealkylation sites (N-methyl/N-ethyl adjacent to an activating group) is 1. The SMILES string of the molecule is CC[NH+](CC(=O)Nc1ccc(NC(C)=O)cc1)Cc1ccccc1Oc1ccccc1. The number of rotatable bonds is 9. The van der Waals surface area contributed by atoms with Crippen LogP contribution in [0.4, 0.5) is 11.4 Å². The maximum Gasteiger partial charge on any atom is 0.279 e. The molecule has 6 nitrogen and oxygen atoms in total. The van der Waals surface area contributed by atoms with Crippen molar-refractivity contribution in [1.82, 2.24) is 0 Å². The van der Waals surface area contributed by atoms with Crippen LogP contribution >= 0.6 is 0 Å². The first-order chi connectivity index (χ1) is 15.0. The van der Waals surface area contributed by atoms with Crippen molar-refractivity contribution in [3.05, 3.63) is 84.4 Å². The van der Waals surface area contributed by atoms with Gasteiger partial charge in [-0.05, 0) is 55.5 Å². The van der Waals surface area contributed by atoms with Gasteiger partial charge < -0.3 is 20.3 Å². The van der Waals surface area contributed by atoms with Crippen molar-refractivity contribution in [2.45, 2.75) is 20.4 Å². The molecule has 1 unspecified atom stereocenters. The van der Waals surface area contributed by atoms with Gasteiger partial charge in [-0.2, -0.15) is 0 Å². The summed E-state index contributed by atoms with van der Waals surface area (Å²) in [6, 6.07) is 24.7. The van der Waals surface area contributed by atoms with Crippen molar-refractivity contribution >= 4 is 23.2 Å². The lowest BCUT2D eigenvalue weighted by Crippen LogP contribution is -3.11. The third-order valence-corrected chi connectivity index (χ3v) is 4.78. The number of amides is 2. The summed E-state index contributed by atoms with van der Waals surface area (Å²) < 4.78 is 6.05. The largest absolute Gasteiger partial charge is 0.457 e. The summed E-state index contributed by atoms with van der Waals surface area (Å²) in [6.07, 6.45) is 0. The van der Waals surface area contributed by atoms with E-state index in [2.05, 4.69) is 17.6 Å². The van der Waals surface area contributed by atoms with Crippen LogP contribution < -0.4 is 20.3 Å². The van der Waals surface area contributed by atoms with Crippen molar-refractivity contribution in [2.24, 2.45) is 0 Å². The number of ether oxygens (including phenoxy) is 1. The molecule has 3 aromatic carbocycles. The van der Waals surface area contributed by atoms with Crippen LogP contribution in [0.3, 0.4) is 0 Å². The molecule has 2 amide bonds. The van der Waals surface area contributed by atoms with Crippen LogP contribution in [0, 0.1) is 0 Å². The minimum absolute atomic E-state index is 0.0643. The van der Waals surface area contributed by atoms with Crippen LogP contribution in [0.1, 0.15) is 19.4 Å². The Balaban J connectivity index is 1.60. The summed E-state index contributed by atoms with van der Waals surface area (Å²) in [4.78, 5) is 24.8. The van der Waals surface area contributed by atoms with Gasteiger partial charge in [0, 0.05) is 23.9 Å². The highest BCUT2D eigenvalue weighted by Gasteiger charge is 2.16. The van der Waals surface area contributed by atoms with Crippen molar-refractivity contribution in [3.8, 4) is 11.5 Å². The predicted molar refractivity (Wildman–Crippen MR) is 122 cm³/mol. The smallest absolute Gasteiger partial charge is 0.279 e. The Morgan fingerprint density at radius 3 is 2.10 bits per heavy atom. The molecule has 160 valence electrons. The minimum atomic E-state index is -0.129. The topological polar surface area (TPSA) is 71.9 Å². The van der Waals surface area contributed by atoms with Crippen molar-refractivity contribution in [3.63, 3.8) is 0 Å². The third kappa shape index (κ3) is 6.97. The summed E-state index contributed by atoms with van der Waals surface area (Å²) in [5.74, 6) is 1.39. The zero-order chi connectivity index (χ0) is 22.1. The van der Waals surface area contributed by atoms with E-state index in [4.69, 9.17) is 4.74 Å². The molecular weight excluding hydrogens is 390 g/mol. The van der Waals surface area contributed by atoms with Crippen LogP contribution in [0.15, 0.2) is 78.9 Å². The van der Waals surface area contributed by atoms with Gasteiger partial charge in [0.2, 0.25) is 5.91 Å². The normalized spacial score (nSPS) is 11.4. The van der Waals surface area contributed by atoms with E-state index in [9.17, 15) is 9.59 Å². The molecule has 3 rings (SSSR count). The second kappa shape index (κ2) is 10.9. The monoisotopic (exact) mass is 418 g/mol. The van der Waals surface area contributed by atoms with E-state index in [0.29, 0.717) is 24.5 Å². The lowest BCUT2D eigenvalue weighted by molar-refractivity contribution is -0.903. The van der Waals surface area contributed by atoms with Crippen molar-refractivity contribution in [1.29, 1.82) is 0 Å². The summed E-state index contributed by atoms with van der Waals surface area (Å²) in [5, 5.41) is 5.63. The molecule has 0 heterocycles. The lowest BCUT2D eigenvalue weighted by atomic mass is 10.2. The van der Waals surface area contributed by atoms with Crippen LogP contribution in [0.25, 0.3) is 0 Å². The highest BCUT2D eigenvalue weighted by atomic mass is 16.5. The lowest BCUT2D eigenvalue weighted by Gasteiger charge is -2.19. The van der Waals surface area contributed by atoms with Gasteiger partial charge >= 0.3 is 0 Å². The fourth-order valence-corrected chi connectivity index (χ4v) is 3.22. The molecule has 0 saturated heterocycles. The Kier molecular flexibility index (Phi) is 7.79. The molecule has 0 saturated carbocycles. The molecule has 3 aromatic rings. The summed E-state index contributed by atoms with van der Waals surface area (Å²) in [7, 11) is 0. The number of hydrogen-bond donors (Lipinski definition) is 3. The number of carbonyl (C=O) groups excluding carboxylic acids is 2. The molecule has 0 radical (unpaired) electrons. The first-order valence-electron chi connectivity index (χ1n) is 10.4. The fourth-order valence-electron chi connectivity index (χ4n) is 3.22. The summed E-state index contributed by atoms with van der Waals surface area (Å²) >= 11 is 0. The molecule has 1 atom stereocenters. The van der Waals surface area contributed by atoms with Crippen LogP contribution in [-0.2, 0) is 16.1 Å². The standard InChI is InChI=1S/C25H27N3O3/c1-3-28(18-25(30)27-22-15-13-21(14-16-22)26-19(2)29)17-20-9-7-8-12-24(20)31-23-10-5-4-6-11-23/h4-16H,3,17-18H2,1-2H3,(H,26,29)(H,27,30)/p+1. The molecule has 31 heavy (non-hydrogen) atoms. The number of carbonyl (C=O) groups is 2. The van der Waals surface area contributed by atoms with Gasteiger partial charge in [0.15, 0.2) is 6.54 Å². The van der Waals surface area contributed by atoms with Crippen LogP contribution in [0.2, 0.25) is 0 Å². The second-order valence-corrected chi connectivity index (χ2v) is 7.29. The Hall–Kier alpha value is -3.64. The van der Waals surface area contributed by atoms with E-state index < -0.39 is 0 Å². The second-order valence-electron chi connectivity index (χ2n) is 7.29. The van der Waals surface area contributed by atoms with E-state index in [1.54, 1.807) is 24.3 Å². The molecule has 3 N–H and O–H groups in total. The average molecular weight is 419 g/mol. The molecule has 0 aliphatic carbocycles. The van der Waals surface area contributed by atoms with Gasteiger partial charge in [-0.15, -0.1) is 0 Å². The van der Waals surface area contributed by atoms with Crippen molar-refractivity contribution in [2.75, 3.05) is 23.7 Å². The number of nitrogens with one attached hydrogen (secondary N) is 3. The molecular formula is C25H28N3O3+. The van der Waals surface area contributed by atoms with Gasteiger partial charge in [0.05, 0.1) is 6.54 Å². The predicted octanol–water partition coefficient (Wildman–Crippen LogP) is 3.48. The van der Waals surface area contributed by atoms with Gasteiger partial charge in [-0.25, -0.2) is 0 Å². The van der Waals surface area contributed by atoms with Gasteiger partial charge in [-0.3, -0.25) is 9.59 Å². The Labute approximate surface area is 182 Å². The van der Waals surface area contributed by atoms with Crippen LogP contribution in [0.5, 0.6) is 11.5 Å². The fraction of sp³-hybridized carbons (Fsp3) is 0.200. The quantitative estimate of drug-likeness (QED) is 0.498. The number of para-hydroxylation sites is 2. The van der Waals surface area contributed by atoms with Gasteiger partial charge in [0.25, 0.3) is 5.91 Å². The zero-order valence-corrected chi connectivity index (χ0v) is 17.9. The van der Waals surface area contributed by atoms with E-state index in [1.807, 2.05) is 54.6 Å². The number of anilines is 2. The molecule has 6 heteroatoms. The van der Waals surface area contributed by atoms with Crippen molar-refractivity contribution < 1.29 is 19.2 Å². The summed E-state index contributed by atoms with van der Waals surface area (Å²) in [6.45, 7) is 5.33. The average Bonchev–Trinajstić information content (AvgIpc) is 2.76. The molecule has 0 aliphatic rings. The Morgan fingerprint density at radius 1 is 0.839 bits per heavy atom. The van der Waals surface area contributed by atoms with E-state index >= 15 is 0 Å². The molecule has 0 aromatic heterocycles. The Morgan fingerprint density at radius 2 is 1.45 bits per heavy atom. The Bertz CT molecular complexity index is 1000. The number of benzene rings is 3. The number of hydrogen-bond acceptors (Lipinski definition) is 3. The van der Waals surface area contributed by atoms with E-state index in [-0.39, 0.29) is 11.8 Å². The molecule has 0 bridgehead atoms. The van der Waals surface area contributed by atoms with E-state index in [1.165, 1.54) is 6.92 Å². The maximum absolute atomic E-state index is 12.6. The molecule has 0 spiro atoms. The minimum Gasteiger partial charge on any atom is -0.457 e.